The number of hydrogen-bond donors (Lipinski definition) is 1. The molecule has 3 rings (SSSR count). The second-order valence-corrected chi connectivity index (χ2v) is 6.04. The van der Waals surface area contributed by atoms with Crippen LogP contribution >= 0.6 is 0 Å². The minimum atomic E-state index is -2.32. The van der Waals surface area contributed by atoms with Crippen LogP contribution in [0.3, 0.4) is 0 Å². The fourth-order valence-electron chi connectivity index (χ4n) is 3.17. The molecular weight excluding hydrogens is 344 g/mol. The molecule has 26 heavy (non-hydrogen) atoms. The van der Waals surface area contributed by atoms with E-state index in [1.54, 1.807) is 0 Å². The van der Waals surface area contributed by atoms with Crippen molar-refractivity contribution >= 4 is 22.9 Å². The van der Waals surface area contributed by atoms with Crippen LogP contribution in [0.25, 0.3) is 11.1 Å². The molecule has 1 atom stereocenters. The van der Waals surface area contributed by atoms with Crippen molar-refractivity contribution in [3.05, 3.63) is 67.8 Å². The van der Waals surface area contributed by atoms with Gasteiger partial charge in [-0.05, 0) is 30.2 Å². The highest BCUT2D eigenvalue weighted by Crippen LogP contribution is 2.45. The van der Waals surface area contributed by atoms with E-state index in [0.29, 0.717) is 11.1 Å². The molecule has 0 aromatic heterocycles. The third-order valence-electron chi connectivity index (χ3n) is 4.29. The Morgan fingerprint density at radius 2 is 1.54 bits per heavy atom. The molecule has 1 aliphatic rings. The first-order valence-electron chi connectivity index (χ1n) is 7.49. The first-order valence-corrected chi connectivity index (χ1v) is 7.49. The monoisotopic (exact) mass is 356 g/mol. The summed E-state index contributed by atoms with van der Waals surface area (Å²) in [6.07, 6.45) is -0.595. The molecule has 0 saturated heterocycles. The van der Waals surface area contributed by atoms with Crippen molar-refractivity contribution < 1.29 is 24.5 Å². The Kier molecular flexibility index (Phi) is 3.88. The second-order valence-electron chi connectivity index (χ2n) is 6.04. The topological polar surface area (TPSA) is 141 Å². The molecule has 0 heterocycles. The van der Waals surface area contributed by atoms with Gasteiger partial charge in [-0.1, -0.05) is 0 Å². The van der Waals surface area contributed by atoms with Crippen LogP contribution in [0, 0.1) is 20.2 Å². The van der Waals surface area contributed by atoms with Crippen molar-refractivity contribution in [1.82, 2.24) is 0 Å². The minimum absolute atomic E-state index is 0.0618. The van der Waals surface area contributed by atoms with E-state index in [4.69, 9.17) is 0 Å². The average molecular weight is 356 g/mol. The summed E-state index contributed by atoms with van der Waals surface area (Å²) in [5, 5.41) is 33.0. The molecule has 0 fully saturated rings. The van der Waals surface area contributed by atoms with Crippen molar-refractivity contribution in [3.8, 4) is 11.1 Å². The van der Waals surface area contributed by atoms with Crippen LogP contribution in [0.5, 0.6) is 0 Å². The van der Waals surface area contributed by atoms with Crippen molar-refractivity contribution in [1.29, 1.82) is 0 Å². The lowest BCUT2D eigenvalue weighted by Gasteiger charge is -2.33. The maximum Gasteiger partial charge on any atom is 0.270 e. The van der Waals surface area contributed by atoms with E-state index < -0.39 is 33.4 Å². The Labute approximate surface area is 146 Å². The zero-order valence-corrected chi connectivity index (χ0v) is 13.5. The van der Waals surface area contributed by atoms with E-state index in [-0.39, 0.29) is 22.5 Å². The largest absolute Gasteiger partial charge is 0.376 e. The first kappa shape index (κ1) is 17.4. The number of carbonyl (C=O) groups is 2. The molecule has 1 unspecified atom stereocenters. The Hall–Kier alpha value is -3.46. The molecule has 0 saturated carbocycles. The molecule has 0 spiro atoms. The Bertz CT molecular complexity index is 999. The number of rotatable bonds is 4. The number of ketones is 2. The fraction of sp³-hybridized carbons (Fsp3) is 0.176. The number of nitro benzene ring substituents is 2. The van der Waals surface area contributed by atoms with E-state index in [1.807, 2.05) is 0 Å². The molecular formula is C17H12N2O7. The zero-order valence-electron chi connectivity index (χ0n) is 13.5. The summed E-state index contributed by atoms with van der Waals surface area (Å²) in [6.45, 7) is 1.17. The smallest absolute Gasteiger partial charge is 0.270 e. The molecule has 0 bridgehead atoms. The predicted octanol–water partition coefficient (Wildman–Crippen LogP) is 2.53. The second kappa shape index (κ2) is 5.81. The van der Waals surface area contributed by atoms with Gasteiger partial charge in [0, 0.05) is 41.8 Å². The number of non-ortho nitro benzene ring substituents is 2. The third kappa shape index (κ3) is 2.54. The lowest BCUT2D eigenvalue weighted by atomic mass is 9.72. The molecule has 1 N–H and O–H groups in total. The van der Waals surface area contributed by atoms with Gasteiger partial charge >= 0.3 is 0 Å². The van der Waals surface area contributed by atoms with Crippen LogP contribution in [0.4, 0.5) is 11.4 Å². The van der Waals surface area contributed by atoms with Crippen LogP contribution < -0.4 is 0 Å². The molecule has 0 amide bonds. The number of nitrogens with zero attached hydrogens (tertiary/aromatic N) is 2. The number of hydrogen-bond acceptors (Lipinski definition) is 7. The number of nitro groups is 2. The quantitative estimate of drug-likeness (QED) is 0.655. The van der Waals surface area contributed by atoms with E-state index in [1.165, 1.54) is 31.2 Å². The number of carbonyl (C=O) groups excluding carboxylic acids is 2. The van der Waals surface area contributed by atoms with Crippen molar-refractivity contribution in [2.75, 3.05) is 0 Å². The van der Waals surface area contributed by atoms with Gasteiger partial charge in [0.25, 0.3) is 11.4 Å². The highest BCUT2D eigenvalue weighted by Gasteiger charge is 2.46. The number of aliphatic hydroxyl groups is 1. The summed E-state index contributed by atoms with van der Waals surface area (Å²) < 4.78 is 0. The summed E-state index contributed by atoms with van der Waals surface area (Å²) in [4.78, 5) is 45.2. The number of benzene rings is 2. The number of fused-ring (bicyclic) bond motifs is 3. The molecule has 9 heteroatoms. The van der Waals surface area contributed by atoms with E-state index >= 15 is 0 Å². The van der Waals surface area contributed by atoms with Crippen molar-refractivity contribution in [3.63, 3.8) is 0 Å². The van der Waals surface area contributed by atoms with Gasteiger partial charge in [0.2, 0.25) is 0 Å². The lowest BCUT2D eigenvalue weighted by Crippen LogP contribution is -2.41. The predicted molar refractivity (Wildman–Crippen MR) is 88.7 cm³/mol. The van der Waals surface area contributed by atoms with Crippen molar-refractivity contribution in [2.24, 2.45) is 0 Å². The molecule has 1 aliphatic carbocycles. The zero-order chi connectivity index (χ0) is 19.2. The molecule has 132 valence electrons. The standard InChI is InChI=1S/C17H12N2O7/c1-9(20)8-17(22)15-7-11(19(25)26)3-5-13(15)12-4-2-10(18(23)24)6-14(12)16(17)21/h2-7,22H,8H2,1H3. The molecule has 2 aromatic rings. The SMILES string of the molecule is CC(=O)CC1(O)C(=O)c2cc([N+](=O)[O-])ccc2-c2ccc([N+](=O)[O-])cc21. The van der Waals surface area contributed by atoms with Crippen LogP contribution in [-0.2, 0) is 10.4 Å². The van der Waals surface area contributed by atoms with E-state index in [0.717, 1.165) is 12.1 Å². The average Bonchev–Trinajstić information content (AvgIpc) is 2.58. The molecule has 0 radical (unpaired) electrons. The van der Waals surface area contributed by atoms with Gasteiger partial charge in [-0.15, -0.1) is 0 Å². The van der Waals surface area contributed by atoms with Gasteiger partial charge in [-0.2, -0.15) is 0 Å². The lowest BCUT2D eigenvalue weighted by molar-refractivity contribution is -0.385. The summed E-state index contributed by atoms with van der Waals surface area (Å²) in [7, 11) is 0. The van der Waals surface area contributed by atoms with Gasteiger partial charge in [0.05, 0.1) is 9.85 Å². The van der Waals surface area contributed by atoms with Gasteiger partial charge < -0.3 is 5.11 Å². The highest BCUT2D eigenvalue weighted by atomic mass is 16.6. The highest BCUT2D eigenvalue weighted by molar-refractivity contribution is 6.13. The fourth-order valence-corrected chi connectivity index (χ4v) is 3.17. The molecule has 9 nitrogen and oxygen atoms in total. The summed E-state index contributed by atoms with van der Waals surface area (Å²) in [5.41, 5.74) is -2.56. The molecule has 0 aliphatic heterocycles. The van der Waals surface area contributed by atoms with Crippen LogP contribution in [-0.4, -0.2) is 26.5 Å². The van der Waals surface area contributed by atoms with E-state index in [9.17, 15) is 34.9 Å². The molecule has 2 aromatic carbocycles. The maximum absolute atomic E-state index is 12.9. The van der Waals surface area contributed by atoms with Gasteiger partial charge in [-0.3, -0.25) is 29.8 Å². The maximum atomic E-state index is 12.9. The summed E-state index contributed by atoms with van der Waals surface area (Å²) in [5.74, 6) is -1.41. The van der Waals surface area contributed by atoms with Gasteiger partial charge in [-0.25, -0.2) is 0 Å². The Balaban J connectivity index is 2.35. The van der Waals surface area contributed by atoms with Crippen molar-refractivity contribution in [2.45, 2.75) is 18.9 Å². The first-order chi connectivity index (χ1) is 12.1. The van der Waals surface area contributed by atoms with E-state index in [2.05, 4.69) is 0 Å². The third-order valence-corrected chi connectivity index (χ3v) is 4.29. The van der Waals surface area contributed by atoms with Gasteiger partial charge in [0.15, 0.2) is 11.4 Å². The summed E-state index contributed by atoms with van der Waals surface area (Å²) >= 11 is 0. The Morgan fingerprint density at radius 1 is 1.00 bits per heavy atom. The van der Waals surface area contributed by atoms with Crippen LogP contribution in [0.1, 0.15) is 29.3 Å². The Morgan fingerprint density at radius 3 is 2.08 bits per heavy atom. The minimum Gasteiger partial charge on any atom is -0.376 e. The van der Waals surface area contributed by atoms with Crippen LogP contribution in [0.15, 0.2) is 36.4 Å². The normalized spacial score (nSPS) is 18.0. The van der Waals surface area contributed by atoms with Gasteiger partial charge in [0.1, 0.15) is 5.78 Å². The summed E-state index contributed by atoms with van der Waals surface area (Å²) in [6, 6.07) is 7.20. The number of Topliss-reactive ketones (excluding diaryl/α,β-unsaturated/α-hetero) is 2. The van der Waals surface area contributed by atoms with Crippen LogP contribution in [0.2, 0.25) is 0 Å².